The lowest BCUT2D eigenvalue weighted by Gasteiger charge is -2.41. The number of aromatic nitrogens is 2. The van der Waals surface area contributed by atoms with E-state index >= 15 is 0 Å². The fraction of sp³-hybridized carbons (Fsp3) is 0.714. The quantitative estimate of drug-likeness (QED) is 0.380. The lowest BCUT2D eigenvalue weighted by molar-refractivity contribution is -0.146. The molecule has 1 saturated carbocycles. The molecule has 0 spiro atoms. The first kappa shape index (κ1) is 20.2. The van der Waals surface area contributed by atoms with Crippen molar-refractivity contribution < 1.29 is 14.3 Å². The van der Waals surface area contributed by atoms with Gasteiger partial charge in [0.1, 0.15) is 10.9 Å². The van der Waals surface area contributed by atoms with Crippen LogP contribution in [0.3, 0.4) is 0 Å². The first-order chi connectivity index (χ1) is 12.3. The highest BCUT2D eigenvalue weighted by atomic mass is 35.6. The second-order valence-corrected chi connectivity index (χ2v) is 9.52. The van der Waals surface area contributed by atoms with Gasteiger partial charge in [0.2, 0.25) is 5.13 Å². The molecular weight excluding hydrogens is 446 g/mol. The summed E-state index contributed by atoms with van der Waals surface area (Å²) >= 11 is 24.5. The maximum Gasteiger partial charge on any atom is 0.332 e. The van der Waals surface area contributed by atoms with Crippen LogP contribution in [0.1, 0.15) is 43.0 Å². The van der Waals surface area contributed by atoms with Crippen LogP contribution < -0.4 is 4.90 Å². The SMILES string of the molecule is O=C(CCl)OC1CCN(C(Cl)(Cl)Cl)C(=O)N1c1nnc(C2CCCC2)s1. The van der Waals surface area contributed by atoms with E-state index in [-0.39, 0.29) is 18.8 Å². The van der Waals surface area contributed by atoms with Crippen molar-refractivity contribution in [2.45, 2.75) is 48.2 Å². The van der Waals surface area contributed by atoms with Crippen molar-refractivity contribution in [1.29, 1.82) is 0 Å². The van der Waals surface area contributed by atoms with Crippen LogP contribution >= 0.6 is 57.7 Å². The van der Waals surface area contributed by atoms with Gasteiger partial charge in [0.05, 0.1) is 0 Å². The Morgan fingerprint density at radius 2 is 1.92 bits per heavy atom. The van der Waals surface area contributed by atoms with E-state index in [0.717, 1.165) is 35.6 Å². The van der Waals surface area contributed by atoms with Gasteiger partial charge >= 0.3 is 12.0 Å². The molecule has 2 heterocycles. The van der Waals surface area contributed by atoms with Gasteiger partial charge in [-0.05, 0) is 12.8 Å². The Balaban J connectivity index is 1.88. The lowest BCUT2D eigenvalue weighted by Crippen LogP contribution is -2.59. The number of rotatable bonds is 4. The van der Waals surface area contributed by atoms with E-state index in [0.29, 0.717) is 11.0 Å². The molecule has 0 radical (unpaired) electrons. The van der Waals surface area contributed by atoms with Crippen molar-refractivity contribution in [3.8, 4) is 0 Å². The highest BCUT2D eigenvalue weighted by Gasteiger charge is 2.45. The summed E-state index contributed by atoms with van der Waals surface area (Å²) in [6.45, 7) is 0.111. The van der Waals surface area contributed by atoms with Crippen molar-refractivity contribution >= 4 is 74.9 Å². The maximum absolute atomic E-state index is 12.9. The van der Waals surface area contributed by atoms with E-state index in [2.05, 4.69) is 10.2 Å². The minimum Gasteiger partial charge on any atom is -0.440 e. The number of carbonyl (C=O) groups excluding carboxylic acids is 2. The summed E-state index contributed by atoms with van der Waals surface area (Å²) in [5, 5.41) is 9.52. The van der Waals surface area contributed by atoms with Crippen molar-refractivity contribution in [2.75, 3.05) is 17.3 Å². The molecule has 3 rings (SSSR count). The van der Waals surface area contributed by atoms with Gasteiger partial charge in [-0.2, -0.15) is 0 Å². The fourth-order valence-electron chi connectivity index (χ4n) is 3.11. The smallest absolute Gasteiger partial charge is 0.332 e. The van der Waals surface area contributed by atoms with Crippen molar-refractivity contribution in [3.05, 3.63) is 5.01 Å². The molecule has 1 unspecified atom stereocenters. The Hall–Kier alpha value is -0.540. The summed E-state index contributed by atoms with van der Waals surface area (Å²) in [5.74, 6) is -0.623. The highest BCUT2D eigenvalue weighted by Crippen LogP contribution is 2.40. The number of esters is 1. The summed E-state index contributed by atoms with van der Waals surface area (Å²) in [7, 11) is 0. The van der Waals surface area contributed by atoms with E-state index in [9.17, 15) is 9.59 Å². The largest absolute Gasteiger partial charge is 0.440 e. The molecule has 1 aromatic rings. The van der Waals surface area contributed by atoms with Crippen molar-refractivity contribution in [2.24, 2.45) is 0 Å². The zero-order chi connectivity index (χ0) is 18.9. The number of alkyl halides is 4. The van der Waals surface area contributed by atoms with Crippen LogP contribution in [0, 0.1) is 0 Å². The third kappa shape index (κ3) is 4.30. The predicted octanol–water partition coefficient (Wildman–Crippen LogP) is 4.26. The van der Waals surface area contributed by atoms with Crippen LogP contribution in [0.4, 0.5) is 9.93 Å². The zero-order valence-corrected chi connectivity index (χ0v) is 17.4. The van der Waals surface area contributed by atoms with Crippen LogP contribution in [-0.4, -0.2) is 49.7 Å². The average Bonchev–Trinajstić information content (AvgIpc) is 3.25. The van der Waals surface area contributed by atoms with Crippen molar-refractivity contribution in [3.63, 3.8) is 0 Å². The van der Waals surface area contributed by atoms with E-state index < -0.39 is 22.1 Å². The fourth-order valence-corrected chi connectivity index (χ4v) is 4.69. The number of hydrogen-bond acceptors (Lipinski definition) is 6. The molecule has 144 valence electrons. The van der Waals surface area contributed by atoms with Crippen LogP contribution in [-0.2, 0) is 9.53 Å². The van der Waals surface area contributed by atoms with Crippen LogP contribution in [0.5, 0.6) is 0 Å². The number of hydrogen-bond donors (Lipinski definition) is 0. The van der Waals surface area contributed by atoms with Gasteiger partial charge in [-0.1, -0.05) is 59.0 Å². The minimum absolute atomic E-state index is 0.111. The summed E-state index contributed by atoms with van der Waals surface area (Å²) in [4.78, 5) is 26.8. The van der Waals surface area contributed by atoms with Gasteiger partial charge in [0.25, 0.3) is 3.92 Å². The molecule has 2 fully saturated rings. The molecule has 1 aliphatic heterocycles. The van der Waals surface area contributed by atoms with E-state index in [1.807, 2.05) is 0 Å². The van der Waals surface area contributed by atoms with E-state index in [4.69, 9.17) is 51.1 Å². The maximum atomic E-state index is 12.9. The summed E-state index contributed by atoms with van der Waals surface area (Å²) in [6, 6.07) is -0.613. The minimum atomic E-state index is -1.92. The Morgan fingerprint density at radius 3 is 2.54 bits per heavy atom. The third-order valence-corrected chi connectivity index (χ3v) is 6.26. The second-order valence-electron chi connectivity index (χ2n) is 6.04. The number of halogens is 4. The molecule has 26 heavy (non-hydrogen) atoms. The zero-order valence-electron chi connectivity index (χ0n) is 13.5. The molecule has 12 heteroatoms. The van der Waals surface area contributed by atoms with Crippen LogP contribution in [0.2, 0.25) is 0 Å². The van der Waals surface area contributed by atoms with Gasteiger partial charge in [0.15, 0.2) is 6.23 Å². The first-order valence-electron chi connectivity index (χ1n) is 8.07. The molecule has 1 saturated heterocycles. The molecule has 7 nitrogen and oxygen atoms in total. The van der Waals surface area contributed by atoms with Gasteiger partial charge in [-0.25, -0.2) is 9.69 Å². The number of carbonyl (C=O) groups is 2. The van der Waals surface area contributed by atoms with Gasteiger partial charge in [0, 0.05) is 18.9 Å². The Morgan fingerprint density at radius 1 is 1.23 bits per heavy atom. The standard InChI is InChI=1S/C14H16Cl4N4O3S/c15-7-10(23)25-9-5-6-21(14(16,17)18)13(24)22(9)12-20-19-11(26-12)8-3-1-2-4-8/h8-9H,1-7H2. The molecule has 2 amide bonds. The first-order valence-corrected chi connectivity index (χ1v) is 10.6. The Bertz CT molecular complexity index is 677. The van der Waals surface area contributed by atoms with E-state index in [1.54, 1.807) is 0 Å². The lowest BCUT2D eigenvalue weighted by atomic mass is 10.1. The molecule has 1 atom stereocenters. The van der Waals surface area contributed by atoms with Crippen molar-refractivity contribution in [1.82, 2.24) is 15.1 Å². The number of anilines is 1. The van der Waals surface area contributed by atoms with Gasteiger partial charge < -0.3 is 4.74 Å². The number of ether oxygens (including phenoxy) is 1. The summed E-state index contributed by atoms with van der Waals surface area (Å²) in [6.07, 6.45) is 3.78. The molecule has 2 aliphatic rings. The predicted molar refractivity (Wildman–Crippen MR) is 101 cm³/mol. The number of urea groups is 1. The topological polar surface area (TPSA) is 75.6 Å². The van der Waals surface area contributed by atoms with Gasteiger partial charge in [-0.3, -0.25) is 9.69 Å². The third-order valence-electron chi connectivity index (χ3n) is 4.35. The van der Waals surface area contributed by atoms with E-state index in [1.165, 1.54) is 16.2 Å². The second kappa shape index (κ2) is 8.22. The van der Waals surface area contributed by atoms with Gasteiger partial charge in [-0.15, -0.1) is 21.8 Å². The Kier molecular flexibility index (Phi) is 6.39. The molecule has 0 aromatic carbocycles. The Labute approximate surface area is 174 Å². The monoisotopic (exact) mass is 460 g/mol. The molecule has 1 aromatic heterocycles. The van der Waals surface area contributed by atoms with Crippen LogP contribution in [0.25, 0.3) is 0 Å². The normalized spacial score (nSPS) is 22.2. The molecule has 0 N–H and O–H groups in total. The molecule has 0 bridgehead atoms. The molecular formula is C14H16Cl4N4O3S. The summed E-state index contributed by atoms with van der Waals surface area (Å²) < 4.78 is 3.37. The number of nitrogens with zero attached hydrogens (tertiary/aromatic N) is 4. The highest BCUT2D eigenvalue weighted by molar-refractivity contribution is 7.15. The number of amides is 2. The average molecular weight is 462 g/mol. The molecule has 1 aliphatic carbocycles. The van der Waals surface area contributed by atoms with Crippen LogP contribution in [0.15, 0.2) is 0 Å². The summed E-state index contributed by atoms with van der Waals surface area (Å²) in [5.41, 5.74) is 0.